The molecule has 45 heavy (non-hydrogen) atoms. The fourth-order valence-electron chi connectivity index (χ4n) is 4.72. The predicted molar refractivity (Wildman–Crippen MR) is 139 cm³/mol. The Hall–Kier alpha value is -5.85. The highest BCUT2D eigenvalue weighted by Gasteiger charge is 2.50. The molecular formula is C27H22O18. The van der Waals surface area contributed by atoms with E-state index in [1.807, 2.05) is 0 Å². The summed E-state index contributed by atoms with van der Waals surface area (Å²) in [5, 5.41) is 112. The van der Waals surface area contributed by atoms with Gasteiger partial charge in [0.1, 0.15) is 24.9 Å². The number of phenols is 9. The maximum absolute atomic E-state index is 13.4. The van der Waals surface area contributed by atoms with Crippen LogP contribution in [0, 0.1) is 0 Å². The molecule has 3 aromatic rings. The lowest BCUT2D eigenvalue weighted by Crippen LogP contribution is -2.61. The third-order valence-electron chi connectivity index (χ3n) is 6.99. The van der Waals surface area contributed by atoms with Gasteiger partial charge in [0.05, 0.1) is 16.7 Å². The fraction of sp³-hybridized carbons (Fsp3) is 0.222. The standard InChI is InChI=1S/C27H22O18/c28-9-1-6(2-10(29)16(9)32)24(39)45-27-22(38)21(37)23-13(43-27)5-42-25(40)7-3-11(30)17(33)19(35)14(7)15-8(26(41)44-23)4-12(31)18(34)20(15)36/h1-4,13,21-23,27-38H,5H2/t13-,21-,22-,23-,27-/m1/s1. The summed E-state index contributed by atoms with van der Waals surface area (Å²) < 4.78 is 20.9. The first kappa shape index (κ1) is 30.6. The molecule has 238 valence electrons. The molecule has 0 amide bonds. The smallest absolute Gasteiger partial charge is 0.340 e. The van der Waals surface area contributed by atoms with Gasteiger partial charge in [-0.05, 0) is 24.3 Å². The number of hydrogen-bond acceptors (Lipinski definition) is 18. The number of benzene rings is 3. The number of carbonyl (C=O) groups is 3. The zero-order chi connectivity index (χ0) is 33.1. The third kappa shape index (κ3) is 5.07. The molecule has 0 radical (unpaired) electrons. The van der Waals surface area contributed by atoms with Crippen molar-refractivity contribution >= 4 is 17.9 Å². The lowest BCUT2D eigenvalue weighted by atomic mass is 9.92. The van der Waals surface area contributed by atoms with Crippen LogP contribution in [0.1, 0.15) is 31.1 Å². The molecule has 3 aromatic carbocycles. The summed E-state index contributed by atoms with van der Waals surface area (Å²) in [7, 11) is 0. The van der Waals surface area contributed by atoms with Gasteiger partial charge in [-0.2, -0.15) is 0 Å². The molecule has 2 heterocycles. The van der Waals surface area contributed by atoms with Crippen LogP contribution in [0.3, 0.4) is 0 Å². The van der Waals surface area contributed by atoms with Crippen LogP contribution in [0.15, 0.2) is 24.3 Å². The van der Waals surface area contributed by atoms with Crippen molar-refractivity contribution in [3.63, 3.8) is 0 Å². The quantitative estimate of drug-likeness (QED) is 0.0979. The zero-order valence-corrected chi connectivity index (χ0v) is 22.2. The van der Waals surface area contributed by atoms with Gasteiger partial charge in [-0.3, -0.25) is 0 Å². The van der Waals surface area contributed by atoms with Gasteiger partial charge in [-0.1, -0.05) is 0 Å². The number of phenolic OH excluding ortho intramolecular Hbond substituents is 9. The van der Waals surface area contributed by atoms with E-state index in [-0.39, 0.29) is 0 Å². The van der Waals surface area contributed by atoms with E-state index in [9.17, 15) is 70.6 Å². The molecule has 11 N–H and O–H groups in total. The lowest BCUT2D eigenvalue weighted by molar-refractivity contribution is -0.284. The van der Waals surface area contributed by atoms with Gasteiger partial charge < -0.3 is 75.1 Å². The lowest BCUT2D eigenvalue weighted by Gasteiger charge is -2.41. The van der Waals surface area contributed by atoms with Gasteiger partial charge >= 0.3 is 17.9 Å². The van der Waals surface area contributed by atoms with Crippen molar-refractivity contribution in [2.45, 2.75) is 30.7 Å². The first-order valence-electron chi connectivity index (χ1n) is 12.5. The van der Waals surface area contributed by atoms with Gasteiger partial charge in [0.25, 0.3) is 0 Å². The molecule has 18 heteroatoms. The Kier molecular flexibility index (Phi) is 7.49. The number of aliphatic hydroxyl groups is 2. The van der Waals surface area contributed by atoms with Gasteiger partial charge in [-0.15, -0.1) is 0 Å². The van der Waals surface area contributed by atoms with Gasteiger partial charge in [-0.25, -0.2) is 14.4 Å². The van der Waals surface area contributed by atoms with Crippen molar-refractivity contribution in [1.82, 2.24) is 0 Å². The Balaban J connectivity index is 1.57. The molecule has 0 aromatic heterocycles. The Morgan fingerprint density at radius 1 is 0.667 bits per heavy atom. The van der Waals surface area contributed by atoms with E-state index >= 15 is 0 Å². The molecule has 18 nitrogen and oxygen atoms in total. The van der Waals surface area contributed by atoms with Gasteiger partial charge in [0.2, 0.25) is 17.8 Å². The molecule has 2 aliphatic heterocycles. The van der Waals surface area contributed by atoms with Crippen LogP contribution in [0.25, 0.3) is 11.1 Å². The number of rotatable bonds is 2. The van der Waals surface area contributed by atoms with Crippen LogP contribution in [-0.2, 0) is 18.9 Å². The summed E-state index contributed by atoms with van der Waals surface area (Å²) in [6.07, 6.45) is -10.1. The minimum absolute atomic E-state index is 0.539. The summed E-state index contributed by atoms with van der Waals surface area (Å²) in [4.78, 5) is 39.3. The largest absolute Gasteiger partial charge is 0.504 e. The number of fused-ring (bicyclic) bond motifs is 4. The van der Waals surface area contributed by atoms with Crippen molar-refractivity contribution in [3.05, 3.63) is 41.0 Å². The van der Waals surface area contributed by atoms with Crippen molar-refractivity contribution in [2.24, 2.45) is 0 Å². The van der Waals surface area contributed by atoms with Crippen molar-refractivity contribution in [2.75, 3.05) is 6.61 Å². The SMILES string of the molecule is O=C(O[C@H]1O[C@@H]2COC(=O)c3cc(O)c(O)c(O)c3-c3c(cc(O)c(O)c3O)C(=O)O[C@H]2[C@H](O)[C@H]1O)c1cc(O)c(O)c(O)c1. The second-order valence-electron chi connectivity index (χ2n) is 9.79. The Morgan fingerprint density at radius 2 is 1.16 bits per heavy atom. The average Bonchev–Trinajstić information content (AvgIpc) is 3.01. The first-order chi connectivity index (χ1) is 21.1. The summed E-state index contributed by atoms with van der Waals surface area (Å²) in [6.45, 7) is -0.948. The minimum Gasteiger partial charge on any atom is -0.504 e. The number of carbonyl (C=O) groups excluding carboxylic acids is 3. The average molecular weight is 634 g/mol. The molecular weight excluding hydrogens is 612 g/mol. The molecule has 0 bridgehead atoms. The van der Waals surface area contributed by atoms with Crippen molar-refractivity contribution < 1.29 is 89.5 Å². The molecule has 5 atom stereocenters. The van der Waals surface area contributed by atoms with Crippen LogP contribution in [0.4, 0.5) is 0 Å². The molecule has 2 aliphatic rings. The first-order valence-corrected chi connectivity index (χ1v) is 12.5. The molecule has 0 unspecified atom stereocenters. The highest BCUT2D eigenvalue weighted by atomic mass is 16.7. The topological polar surface area (TPSA) is 311 Å². The van der Waals surface area contributed by atoms with Crippen molar-refractivity contribution in [1.29, 1.82) is 0 Å². The number of aliphatic hydroxyl groups excluding tert-OH is 2. The highest BCUT2D eigenvalue weighted by molar-refractivity contribution is 6.08. The normalized spacial score (nSPS) is 22.9. The summed E-state index contributed by atoms with van der Waals surface area (Å²) in [5.41, 5.74) is -3.99. The maximum Gasteiger partial charge on any atom is 0.340 e. The molecule has 0 saturated carbocycles. The predicted octanol–water partition coefficient (Wildman–Crippen LogP) is -0.297. The van der Waals surface area contributed by atoms with E-state index in [1.54, 1.807) is 0 Å². The van der Waals surface area contributed by atoms with Crippen LogP contribution in [0.2, 0.25) is 0 Å². The van der Waals surface area contributed by atoms with Crippen LogP contribution < -0.4 is 0 Å². The number of aromatic hydroxyl groups is 9. The molecule has 5 rings (SSSR count). The number of cyclic esters (lactones) is 1. The van der Waals surface area contributed by atoms with Crippen LogP contribution in [-0.4, -0.2) is 111 Å². The van der Waals surface area contributed by atoms with E-state index in [2.05, 4.69) is 0 Å². The molecule has 0 aliphatic carbocycles. The van der Waals surface area contributed by atoms with Crippen LogP contribution >= 0.6 is 0 Å². The Morgan fingerprint density at radius 3 is 1.69 bits per heavy atom. The number of esters is 3. The Labute approximate surface area is 248 Å². The summed E-state index contributed by atoms with van der Waals surface area (Å²) in [5.74, 6) is -14.3. The summed E-state index contributed by atoms with van der Waals surface area (Å²) >= 11 is 0. The fourth-order valence-corrected chi connectivity index (χ4v) is 4.72. The van der Waals surface area contributed by atoms with E-state index in [0.717, 1.165) is 0 Å². The number of hydrogen-bond donors (Lipinski definition) is 11. The van der Waals surface area contributed by atoms with E-state index < -0.39 is 135 Å². The zero-order valence-electron chi connectivity index (χ0n) is 22.2. The maximum atomic E-state index is 13.4. The second-order valence-corrected chi connectivity index (χ2v) is 9.79. The molecule has 1 saturated heterocycles. The van der Waals surface area contributed by atoms with Crippen molar-refractivity contribution in [3.8, 4) is 62.9 Å². The third-order valence-corrected chi connectivity index (χ3v) is 6.99. The summed E-state index contributed by atoms with van der Waals surface area (Å²) in [6, 6.07) is 2.51. The van der Waals surface area contributed by atoms with E-state index in [1.165, 1.54) is 0 Å². The second kappa shape index (κ2) is 11.0. The minimum atomic E-state index is -2.18. The number of ether oxygens (including phenoxy) is 4. The molecule has 0 spiro atoms. The monoisotopic (exact) mass is 634 g/mol. The van der Waals surface area contributed by atoms with E-state index in [4.69, 9.17) is 18.9 Å². The molecule has 1 fully saturated rings. The Bertz CT molecular complexity index is 1730. The van der Waals surface area contributed by atoms with Gasteiger partial charge in [0.15, 0.2) is 46.4 Å². The van der Waals surface area contributed by atoms with Gasteiger partial charge in [0, 0.05) is 11.1 Å². The van der Waals surface area contributed by atoms with Crippen LogP contribution in [0.5, 0.6) is 51.7 Å². The van der Waals surface area contributed by atoms with E-state index in [0.29, 0.717) is 24.3 Å². The highest BCUT2D eigenvalue weighted by Crippen LogP contribution is 2.53.